The van der Waals surface area contributed by atoms with Gasteiger partial charge < -0.3 is 20.1 Å². The van der Waals surface area contributed by atoms with Crippen LogP contribution in [0.2, 0.25) is 0 Å². The minimum absolute atomic E-state index is 0.0614. The number of aryl methyl sites for hydroxylation is 2. The lowest BCUT2D eigenvalue weighted by Gasteiger charge is -2.21. The van der Waals surface area contributed by atoms with Crippen molar-refractivity contribution in [2.75, 3.05) is 27.2 Å². The Morgan fingerprint density at radius 2 is 1.89 bits per heavy atom. The van der Waals surface area contributed by atoms with Crippen LogP contribution in [-0.4, -0.2) is 55.1 Å². The van der Waals surface area contributed by atoms with Gasteiger partial charge in [0.25, 0.3) is 5.91 Å². The Labute approximate surface area is 166 Å². The van der Waals surface area contributed by atoms with Crippen LogP contribution in [0.3, 0.4) is 0 Å². The summed E-state index contributed by atoms with van der Waals surface area (Å²) < 4.78 is 5.38. The van der Waals surface area contributed by atoms with Crippen molar-refractivity contribution in [3.05, 3.63) is 41.1 Å². The lowest BCUT2D eigenvalue weighted by atomic mass is 10.0. The lowest BCUT2D eigenvalue weighted by Crippen LogP contribution is -2.50. The molecule has 28 heavy (non-hydrogen) atoms. The van der Waals surface area contributed by atoms with E-state index in [0.717, 1.165) is 23.2 Å². The van der Waals surface area contributed by atoms with E-state index in [-0.39, 0.29) is 17.5 Å². The zero-order valence-electron chi connectivity index (χ0n) is 17.5. The van der Waals surface area contributed by atoms with Gasteiger partial charge in [-0.25, -0.2) is 0 Å². The summed E-state index contributed by atoms with van der Waals surface area (Å²) in [5.41, 5.74) is 3.18. The molecule has 2 rings (SSSR count). The summed E-state index contributed by atoms with van der Waals surface area (Å²) in [4.78, 5) is 27.1. The van der Waals surface area contributed by atoms with Crippen molar-refractivity contribution in [3.63, 3.8) is 0 Å². The summed E-state index contributed by atoms with van der Waals surface area (Å²) in [5.74, 6) is -0.165. The number of hydrogen-bond donors (Lipinski definition) is 2. The van der Waals surface area contributed by atoms with Gasteiger partial charge in [0.05, 0.1) is 0 Å². The molecular weight excluding hydrogens is 356 g/mol. The zero-order valence-corrected chi connectivity index (χ0v) is 17.5. The molecular formula is C21H30N4O3. The second kappa shape index (κ2) is 9.50. The highest BCUT2D eigenvalue weighted by molar-refractivity contribution is 5.96. The van der Waals surface area contributed by atoms with E-state index in [1.54, 1.807) is 6.07 Å². The molecule has 0 saturated heterocycles. The fourth-order valence-corrected chi connectivity index (χ4v) is 2.77. The van der Waals surface area contributed by atoms with Gasteiger partial charge in [0.15, 0.2) is 11.5 Å². The molecule has 1 heterocycles. The summed E-state index contributed by atoms with van der Waals surface area (Å²) in [6.45, 7) is 9.00. The van der Waals surface area contributed by atoms with E-state index >= 15 is 0 Å². The van der Waals surface area contributed by atoms with E-state index < -0.39 is 11.9 Å². The summed E-state index contributed by atoms with van der Waals surface area (Å²) >= 11 is 0. The Bertz CT molecular complexity index is 827. The first-order valence-corrected chi connectivity index (χ1v) is 9.46. The molecule has 1 unspecified atom stereocenters. The normalized spacial score (nSPS) is 12.3. The number of rotatable bonds is 8. The van der Waals surface area contributed by atoms with Crippen LogP contribution >= 0.6 is 0 Å². The Morgan fingerprint density at radius 3 is 2.54 bits per heavy atom. The quantitative estimate of drug-likeness (QED) is 0.727. The van der Waals surface area contributed by atoms with Crippen molar-refractivity contribution >= 4 is 11.8 Å². The second-order valence-electron chi connectivity index (χ2n) is 7.68. The Balaban J connectivity index is 2.09. The van der Waals surface area contributed by atoms with E-state index in [0.29, 0.717) is 12.3 Å². The molecule has 7 heteroatoms. The fraction of sp³-hybridized carbons (Fsp3) is 0.476. The zero-order chi connectivity index (χ0) is 20.8. The molecule has 2 amide bonds. The van der Waals surface area contributed by atoms with Crippen LogP contribution in [0.1, 0.15) is 35.5 Å². The lowest BCUT2D eigenvalue weighted by molar-refractivity contribution is -0.123. The average molecular weight is 386 g/mol. The summed E-state index contributed by atoms with van der Waals surface area (Å²) in [6.07, 6.45) is 0. The standard InChI is InChI=1S/C21H30N4O3/c1-13(2)19(21(27)22-9-10-25(5)6)23-20(26)17-12-18(28-24-17)16-11-14(3)7-8-15(16)4/h7-8,11-13,19H,9-10H2,1-6H3,(H,22,27)(H,23,26). The number of nitrogens with zero attached hydrogens (tertiary/aromatic N) is 2. The van der Waals surface area contributed by atoms with E-state index in [1.807, 2.05) is 64.9 Å². The first-order valence-electron chi connectivity index (χ1n) is 9.46. The average Bonchev–Trinajstić information content (AvgIpc) is 3.10. The van der Waals surface area contributed by atoms with Crippen molar-refractivity contribution < 1.29 is 14.1 Å². The van der Waals surface area contributed by atoms with Crippen molar-refractivity contribution in [1.82, 2.24) is 20.7 Å². The Hall–Kier alpha value is -2.67. The number of carbonyl (C=O) groups is 2. The second-order valence-corrected chi connectivity index (χ2v) is 7.68. The molecule has 2 aromatic rings. The molecule has 0 aliphatic heterocycles. The van der Waals surface area contributed by atoms with Crippen molar-refractivity contribution in [2.45, 2.75) is 33.7 Å². The van der Waals surface area contributed by atoms with E-state index in [4.69, 9.17) is 4.52 Å². The van der Waals surface area contributed by atoms with Gasteiger partial charge >= 0.3 is 0 Å². The summed E-state index contributed by atoms with van der Waals surface area (Å²) in [7, 11) is 3.87. The van der Waals surface area contributed by atoms with Crippen molar-refractivity contribution in [2.24, 2.45) is 5.92 Å². The Kier molecular flexibility index (Phi) is 7.34. The molecule has 1 aromatic carbocycles. The van der Waals surface area contributed by atoms with Gasteiger partial charge in [0, 0.05) is 24.7 Å². The van der Waals surface area contributed by atoms with Gasteiger partial charge in [-0.15, -0.1) is 0 Å². The minimum Gasteiger partial charge on any atom is -0.355 e. The highest BCUT2D eigenvalue weighted by atomic mass is 16.5. The molecule has 152 valence electrons. The fourth-order valence-electron chi connectivity index (χ4n) is 2.77. The van der Waals surface area contributed by atoms with Crippen LogP contribution < -0.4 is 10.6 Å². The van der Waals surface area contributed by atoms with Crippen molar-refractivity contribution in [1.29, 1.82) is 0 Å². The number of amides is 2. The molecule has 2 N–H and O–H groups in total. The van der Waals surface area contributed by atoms with Gasteiger partial charge in [-0.1, -0.05) is 36.7 Å². The molecule has 0 radical (unpaired) electrons. The van der Waals surface area contributed by atoms with Crippen LogP contribution in [0.4, 0.5) is 0 Å². The topological polar surface area (TPSA) is 87.5 Å². The van der Waals surface area contributed by atoms with Crippen LogP contribution in [0.5, 0.6) is 0 Å². The highest BCUT2D eigenvalue weighted by Gasteiger charge is 2.26. The number of hydrogen-bond acceptors (Lipinski definition) is 5. The van der Waals surface area contributed by atoms with Gasteiger partial charge in [0.1, 0.15) is 6.04 Å². The smallest absolute Gasteiger partial charge is 0.274 e. The first-order chi connectivity index (χ1) is 13.2. The molecule has 0 saturated carbocycles. The van der Waals surface area contributed by atoms with E-state index in [1.165, 1.54) is 0 Å². The number of carbonyl (C=O) groups excluding carboxylic acids is 2. The molecule has 0 spiro atoms. The van der Waals surface area contributed by atoms with Gasteiger partial charge in [-0.3, -0.25) is 9.59 Å². The first kappa shape index (κ1) is 21.6. The highest BCUT2D eigenvalue weighted by Crippen LogP contribution is 2.25. The molecule has 1 aromatic heterocycles. The molecule has 0 aliphatic rings. The van der Waals surface area contributed by atoms with Gasteiger partial charge in [-0.2, -0.15) is 0 Å². The Morgan fingerprint density at radius 1 is 1.18 bits per heavy atom. The molecule has 7 nitrogen and oxygen atoms in total. The maximum Gasteiger partial charge on any atom is 0.274 e. The molecule has 0 bridgehead atoms. The molecule has 0 fully saturated rings. The largest absolute Gasteiger partial charge is 0.355 e. The van der Waals surface area contributed by atoms with Crippen LogP contribution in [0.15, 0.2) is 28.8 Å². The number of likely N-dealkylation sites (N-methyl/N-ethyl adjacent to an activating group) is 1. The summed E-state index contributed by atoms with van der Waals surface area (Å²) in [6, 6.07) is 6.98. The minimum atomic E-state index is -0.643. The molecule has 1 atom stereocenters. The maximum atomic E-state index is 12.6. The predicted molar refractivity (Wildman–Crippen MR) is 109 cm³/mol. The third kappa shape index (κ3) is 5.66. The molecule has 0 aliphatic carbocycles. The van der Waals surface area contributed by atoms with Gasteiger partial charge in [-0.05, 0) is 45.5 Å². The van der Waals surface area contributed by atoms with Crippen molar-refractivity contribution in [3.8, 4) is 11.3 Å². The SMILES string of the molecule is Cc1ccc(C)c(-c2cc(C(=O)NC(C(=O)NCCN(C)C)C(C)C)no2)c1. The van der Waals surface area contributed by atoms with E-state index in [2.05, 4.69) is 15.8 Å². The predicted octanol–water partition coefficient (Wildman–Crippen LogP) is 2.39. The maximum absolute atomic E-state index is 12.6. The monoisotopic (exact) mass is 386 g/mol. The van der Waals surface area contributed by atoms with Crippen LogP contribution in [0, 0.1) is 19.8 Å². The van der Waals surface area contributed by atoms with Crippen LogP contribution in [-0.2, 0) is 4.79 Å². The third-order valence-electron chi connectivity index (χ3n) is 4.50. The number of aromatic nitrogens is 1. The van der Waals surface area contributed by atoms with Crippen LogP contribution in [0.25, 0.3) is 11.3 Å². The number of benzene rings is 1. The van der Waals surface area contributed by atoms with E-state index in [9.17, 15) is 9.59 Å². The number of nitrogens with one attached hydrogen (secondary N) is 2. The third-order valence-corrected chi connectivity index (χ3v) is 4.50. The summed E-state index contributed by atoms with van der Waals surface area (Å²) in [5, 5.41) is 9.53. The van der Waals surface area contributed by atoms with Gasteiger partial charge in [0.2, 0.25) is 5.91 Å².